The van der Waals surface area contributed by atoms with Crippen molar-refractivity contribution in [2.24, 2.45) is 0 Å². The van der Waals surface area contributed by atoms with Crippen molar-refractivity contribution in [3.05, 3.63) is 17.7 Å². The van der Waals surface area contributed by atoms with Crippen molar-refractivity contribution in [2.45, 2.75) is 50.9 Å². The zero-order chi connectivity index (χ0) is 17.5. The minimum atomic E-state index is -0.300. The molecule has 0 radical (unpaired) electrons. The Kier molecular flexibility index (Phi) is 6.64. The highest BCUT2D eigenvalue weighted by Gasteiger charge is 2.29. The number of ether oxygens (including phenoxy) is 3. The zero-order valence-corrected chi connectivity index (χ0v) is 14.8. The molecule has 0 amide bonds. The summed E-state index contributed by atoms with van der Waals surface area (Å²) in [5.41, 5.74) is 0.943. The highest BCUT2D eigenvalue weighted by molar-refractivity contribution is 6.40. The molecule has 0 aliphatic heterocycles. The molecule has 0 aromatic heterocycles. The summed E-state index contributed by atoms with van der Waals surface area (Å²) in [4.78, 5) is 12.4. The van der Waals surface area contributed by atoms with Crippen molar-refractivity contribution in [3.63, 3.8) is 0 Å². The summed E-state index contributed by atoms with van der Waals surface area (Å²) in [6, 6.07) is 3.57. The lowest BCUT2D eigenvalue weighted by atomic mass is 9.83. The Morgan fingerprint density at radius 3 is 2.08 bits per heavy atom. The second kappa shape index (κ2) is 8.71. The van der Waals surface area contributed by atoms with E-state index < -0.39 is 0 Å². The molecule has 132 valence electrons. The highest BCUT2D eigenvalue weighted by Crippen LogP contribution is 2.42. The first-order valence-electron chi connectivity index (χ1n) is 8.54. The molecule has 1 unspecified atom stereocenters. The Hall–Kier alpha value is -2.04. The van der Waals surface area contributed by atoms with E-state index >= 15 is 0 Å². The lowest BCUT2D eigenvalue weighted by Crippen LogP contribution is -2.23. The van der Waals surface area contributed by atoms with Gasteiger partial charge in [-0.15, -0.1) is 0 Å². The fraction of sp³-hybridized carbons (Fsp3) is 0.579. The van der Waals surface area contributed by atoms with Crippen molar-refractivity contribution < 1.29 is 19.0 Å². The molecule has 0 spiro atoms. The van der Waals surface area contributed by atoms with E-state index in [1.54, 1.807) is 33.5 Å². The number of methoxy groups -OCH3 is 3. The van der Waals surface area contributed by atoms with E-state index in [1.807, 2.05) is 0 Å². The second-order valence-electron chi connectivity index (χ2n) is 6.14. The van der Waals surface area contributed by atoms with Gasteiger partial charge in [0.1, 0.15) is 17.2 Å². The van der Waals surface area contributed by atoms with Crippen molar-refractivity contribution in [1.82, 2.24) is 0 Å². The van der Waals surface area contributed by atoms with E-state index in [2.05, 4.69) is 0 Å². The van der Waals surface area contributed by atoms with Crippen LogP contribution in [0, 0.1) is 5.41 Å². The lowest BCUT2D eigenvalue weighted by molar-refractivity contribution is -0.113. The third-order valence-corrected chi connectivity index (χ3v) is 4.65. The van der Waals surface area contributed by atoms with Gasteiger partial charge in [-0.25, -0.2) is 0 Å². The molecule has 5 heteroatoms. The van der Waals surface area contributed by atoms with Gasteiger partial charge >= 0.3 is 0 Å². The third kappa shape index (κ3) is 4.08. The Bertz CT molecular complexity index is 572. The van der Waals surface area contributed by atoms with Crippen LogP contribution in [0.3, 0.4) is 0 Å². The highest BCUT2D eigenvalue weighted by atomic mass is 16.5. The molecule has 5 nitrogen and oxygen atoms in total. The van der Waals surface area contributed by atoms with Crippen LogP contribution < -0.4 is 14.2 Å². The minimum Gasteiger partial charge on any atom is -0.496 e. The number of ketones is 1. The number of nitrogens with one attached hydrogen (secondary N) is 1. The van der Waals surface area contributed by atoms with Crippen LogP contribution in [0.15, 0.2) is 12.1 Å². The first kappa shape index (κ1) is 18.3. The molecule has 1 atom stereocenters. The van der Waals surface area contributed by atoms with Gasteiger partial charge in [0.15, 0.2) is 5.78 Å². The van der Waals surface area contributed by atoms with Gasteiger partial charge < -0.3 is 19.6 Å². The quantitative estimate of drug-likeness (QED) is 0.899. The van der Waals surface area contributed by atoms with E-state index in [1.165, 1.54) is 0 Å². The SMILES string of the molecule is COc1cc(OC)c(C2CCCCCCCC(=O)C2=N)c(OC)c1. The third-order valence-electron chi connectivity index (χ3n) is 4.65. The molecule has 1 aliphatic carbocycles. The fourth-order valence-electron chi connectivity index (χ4n) is 3.30. The van der Waals surface area contributed by atoms with Gasteiger partial charge in [0, 0.05) is 30.0 Å². The summed E-state index contributed by atoms with van der Waals surface area (Å²) in [5.74, 6) is 1.47. The molecule has 1 saturated carbocycles. The largest absolute Gasteiger partial charge is 0.496 e. The monoisotopic (exact) mass is 333 g/mol. The minimum absolute atomic E-state index is 0.0678. The molecule has 1 fully saturated rings. The summed E-state index contributed by atoms with van der Waals surface area (Å²) in [5, 5.41) is 8.45. The van der Waals surface area contributed by atoms with Gasteiger partial charge in [-0.1, -0.05) is 25.7 Å². The summed E-state index contributed by atoms with van der Waals surface area (Å²) in [7, 11) is 4.76. The number of hydrogen-bond acceptors (Lipinski definition) is 5. The maximum absolute atomic E-state index is 12.4. The van der Waals surface area contributed by atoms with Crippen molar-refractivity contribution in [3.8, 4) is 17.2 Å². The molecule has 1 aliphatic rings. The standard InChI is InChI=1S/C19H27NO4/c1-22-13-11-16(23-2)18(17(12-13)24-3)14-9-7-5-4-6-8-10-15(21)19(14)20/h11-12,14,20H,4-10H2,1-3H3. The average Bonchev–Trinajstić information content (AvgIpc) is 2.62. The van der Waals surface area contributed by atoms with Gasteiger partial charge in [-0.3, -0.25) is 4.79 Å². The number of hydrogen-bond donors (Lipinski definition) is 1. The first-order valence-corrected chi connectivity index (χ1v) is 8.54. The predicted molar refractivity (Wildman–Crippen MR) is 93.9 cm³/mol. The van der Waals surface area contributed by atoms with Gasteiger partial charge in [-0.2, -0.15) is 0 Å². The fourth-order valence-corrected chi connectivity index (χ4v) is 3.30. The number of Topliss-reactive ketones (excluding diaryl/α,β-unsaturated/α-hetero) is 1. The number of rotatable bonds is 4. The van der Waals surface area contributed by atoms with Crippen LogP contribution in [0.1, 0.15) is 56.4 Å². The summed E-state index contributed by atoms with van der Waals surface area (Å²) in [6.45, 7) is 0. The molecule has 2 rings (SSSR count). The Labute approximate surface area is 143 Å². The number of carbonyl (C=O) groups excluding carboxylic acids is 1. The lowest BCUT2D eigenvalue weighted by Gasteiger charge is -2.24. The summed E-state index contributed by atoms with van der Waals surface area (Å²) in [6.07, 6.45) is 6.39. The van der Waals surface area contributed by atoms with E-state index in [0.29, 0.717) is 23.7 Å². The van der Waals surface area contributed by atoms with Crippen LogP contribution in [0.2, 0.25) is 0 Å². The Morgan fingerprint density at radius 2 is 1.50 bits per heavy atom. The van der Waals surface area contributed by atoms with Gasteiger partial charge in [-0.05, 0) is 12.8 Å². The molecular weight excluding hydrogens is 306 g/mol. The van der Waals surface area contributed by atoms with E-state index in [4.69, 9.17) is 19.6 Å². The molecular formula is C19H27NO4. The smallest absolute Gasteiger partial charge is 0.176 e. The molecule has 0 saturated heterocycles. The van der Waals surface area contributed by atoms with Crippen LogP contribution in [-0.2, 0) is 4.79 Å². The summed E-state index contributed by atoms with van der Waals surface area (Å²) < 4.78 is 16.3. The molecule has 0 heterocycles. The number of benzene rings is 1. The van der Waals surface area contributed by atoms with Crippen molar-refractivity contribution in [2.75, 3.05) is 21.3 Å². The number of carbonyl (C=O) groups is 1. The first-order chi connectivity index (χ1) is 11.6. The molecule has 1 aromatic carbocycles. The van der Waals surface area contributed by atoms with E-state index in [9.17, 15) is 4.79 Å². The zero-order valence-electron chi connectivity index (χ0n) is 14.8. The van der Waals surface area contributed by atoms with Crippen LogP contribution in [0.4, 0.5) is 0 Å². The molecule has 0 bridgehead atoms. The maximum Gasteiger partial charge on any atom is 0.176 e. The van der Waals surface area contributed by atoms with Crippen LogP contribution >= 0.6 is 0 Å². The molecule has 1 N–H and O–H groups in total. The van der Waals surface area contributed by atoms with E-state index in [-0.39, 0.29) is 17.4 Å². The van der Waals surface area contributed by atoms with Crippen molar-refractivity contribution in [1.29, 1.82) is 5.41 Å². The molecule has 24 heavy (non-hydrogen) atoms. The summed E-state index contributed by atoms with van der Waals surface area (Å²) >= 11 is 0. The Morgan fingerprint density at radius 1 is 0.917 bits per heavy atom. The average molecular weight is 333 g/mol. The molecule has 1 aromatic rings. The topological polar surface area (TPSA) is 68.6 Å². The van der Waals surface area contributed by atoms with E-state index in [0.717, 1.165) is 44.1 Å². The Balaban J connectivity index is 2.47. The second-order valence-corrected chi connectivity index (χ2v) is 6.14. The maximum atomic E-state index is 12.4. The van der Waals surface area contributed by atoms with Crippen molar-refractivity contribution >= 4 is 11.5 Å². The van der Waals surface area contributed by atoms with Crippen LogP contribution in [0.5, 0.6) is 17.2 Å². The van der Waals surface area contributed by atoms with Gasteiger partial charge in [0.2, 0.25) is 0 Å². The van der Waals surface area contributed by atoms with Gasteiger partial charge in [0.05, 0.1) is 27.0 Å². The van der Waals surface area contributed by atoms with Gasteiger partial charge in [0.25, 0.3) is 0 Å². The normalized spacial score (nSPS) is 19.7. The van der Waals surface area contributed by atoms with Crippen LogP contribution in [-0.4, -0.2) is 32.8 Å². The van der Waals surface area contributed by atoms with Crippen LogP contribution in [0.25, 0.3) is 0 Å². The predicted octanol–water partition coefficient (Wildman–Crippen LogP) is 4.13.